The van der Waals surface area contributed by atoms with E-state index in [9.17, 15) is 19.1 Å². The van der Waals surface area contributed by atoms with E-state index >= 15 is 0 Å². The van der Waals surface area contributed by atoms with Crippen molar-refractivity contribution in [1.82, 2.24) is 24.2 Å². The van der Waals surface area contributed by atoms with Crippen LogP contribution in [0.15, 0.2) is 41.3 Å². The predicted molar refractivity (Wildman–Crippen MR) is 125 cm³/mol. The first kappa shape index (κ1) is 23.4. The molecule has 4 heterocycles. The van der Waals surface area contributed by atoms with Crippen LogP contribution in [-0.4, -0.2) is 54.9 Å². The van der Waals surface area contributed by atoms with E-state index < -0.39 is 22.6 Å². The number of carbonyl (C=O) groups is 1. The van der Waals surface area contributed by atoms with Crippen LogP contribution in [0.25, 0.3) is 0 Å². The van der Waals surface area contributed by atoms with Gasteiger partial charge in [0, 0.05) is 52.5 Å². The monoisotopic (exact) mass is 481 g/mol. The largest absolute Gasteiger partial charge is 0.501 e. The van der Waals surface area contributed by atoms with Gasteiger partial charge in [-0.2, -0.15) is 5.10 Å². The smallest absolute Gasteiger partial charge is 0.296 e. The Morgan fingerprint density at radius 2 is 1.91 bits per heavy atom. The van der Waals surface area contributed by atoms with Crippen molar-refractivity contribution in [3.05, 3.63) is 75.5 Å². The summed E-state index contributed by atoms with van der Waals surface area (Å²) in [5, 5.41) is 15.1. The van der Waals surface area contributed by atoms with Gasteiger partial charge in [0.2, 0.25) is 5.75 Å². The Labute approximate surface area is 201 Å². The first-order valence-corrected chi connectivity index (χ1v) is 11.8. The summed E-state index contributed by atoms with van der Waals surface area (Å²) < 4.78 is 22.1. The molecule has 2 aliphatic heterocycles. The molecular weight excluding hydrogens is 453 g/mol. The molecule has 184 valence electrons. The molecule has 0 unspecified atom stereocenters. The standard InChI is InChI=1S/C25H28FN5O4/c1-29-11-8-19(28-29)16-30-12-13-31-23(34)22(33)21(27-24(31)25(30)9-14-35-15-10-25)20(32)7-4-17-2-5-18(26)6-3-17/h2-3,5-6,8,11,33H,4,7,9-10,12-16H2,1H3. The topological polar surface area (TPSA) is 102 Å². The molecule has 3 aromatic rings. The quantitative estimate of drug-likeness (QED) is 0.538. The van der Waals surface area contributed by atoms with E-state index in [0.717, 1.165) is 11.3 Å². The highest BCUT2D eigenvalue weighted by atomic mass is 19.1. The highest BCUT2D eigenvalue weighted by Gasteiger charge is 2.47. The number of benzene rings is 1. The van der Waals surface area contributed by atoms with E-state index in [2.05, 4.69) is 15.0 Å². The summed E-state index contributed by atoms with van der Waals surface area (Å²) in [6.45, 7) is 2.52. The maximum atomic E-state index is 13.2. The molecule has 0 saturated carbocycles. The zero-order chi connectivity index (χ0) is 24.6. The number of ketones is 1. The van der Waals surface area contributed by atoms with Crippen molar-refractivity contribution in [3.63, 3.8) is 0 Å². The molecule has 1 spiro atoms. The number of Topliss-reactive ketones (excluding diaryl/α,β-unsaturated/α-hetero) is 1. The first-order valence-electron chi connectivity index (χ1n) is 11.8. The molecule has 35 heavy (non-hydrogen) atoms. The molecule has 1 saturated heterocycles. The predicted octanol–water partition coefficient (Wildman–Crippen LogP) is 2.16. The Kier molecular flexibility index (Phi) is 6.24. The van der Waals surface area contributed by atoms with Gasteiger partial charge in [-0.25, -0.2) is 9.37 Å². The summed E-state index contributed by atoms with van der Waals surface area (Å²) >= 11 is 0. The van der Waals surface area contributed by atoms with E-state index in [-0.39, 0.29) is 17.9 Å². The van der Waals surface area contributed by atoms with Gasteiger partial charge in [0.25, 0.3) is 5.56 Å². The Morgan fingerprint density at radius 1 is 1.17 bits per heavy atom. The Hall–Kier alpha value is -3.37. The summed E-state index contributed by atoms with van der Waals surface area (Å²) in [6.07, 6.45) is 3.51. The van der Waals surface area contributed by atoms with Crippen LogP contribution in [0, 0.1) is 5.82 Å². The lowest BCUT2D eigenvalue weighted by atomic mass is 9.84. The molecule has 2 aliphatic rings. The maximum Gasteiger partial charge on any atom is 0.296 e. The molecule has 10 heteroatoms. The average Bonchev–Trinajstić information content (AvgIpc) is 3.28. The zero-order valence-electron chi connectivity index (χ0n) is 19.6. The van der Waals surface area contributed by atoms with Crippen LogP contribution in [0.5, 0.6) is 5.75 Å². The number of ether oxygens (including phenoxy) is 1. The second kappa shape index (κ2) is 9.35. The molecule has 9 nitrogen and oxygen atoms in total. The zero-order valence-corrected chi connectivity index (χ0v) is 19.6. The number of aromatic nitrogens is 4. The van der Waals surface area contributed by atoms with Crippen LogP contribution in [-0.2, 0) is 36.8 Å². The minimum atomic E-state index is -0.613. The normalized spacial score (nSPS) is 17.4. The number of halogens is 1. The lowest BCUT2D eigenvalue weighted by Gasteiger charge is -2.49. The maximum absolute atomic E-state index is 13.2. The van der Waals surface area contributed by atoms with Gasteiger partial charge in [-0.3, -0.25) is 23.7 Å². The van der Waals surface area contributed by atoms with Crippen LogP contribution in [0.2, 0.25) is 0 Å². The summed E-state index contributed by atoms with van der Waals surface area (Å²) in [5.41, 5.74) is 0.296. The van der Waals surface area contributed by atoms with Crippen LogP contribution in [0.3, 0.4) is 0 Å². The summed E-state index contributed by atoms with van der Waals surface area (Å²) in [6, 6.07) is 7.87. The lowest BCUT2D eigenvalue weighted by Crippen LogP contribution is -2.57. The van der Waals surface area contributed by atoms with Crippen LogP contribution >= 0.6 is 0 Å². The number of aryl methyl sites for hydroxylation is 2. The van der Waals surface area contributed by atoms with Crippen molar-refractivity contribution < 1.29 is 19.0 Å². The number of carbonyl (C=O) groups excluding carboxylic acids is 1. The molecule has 0 atom stereocenters. The molecule has 5 rings (SSSR count). The minimum absolute atomic E-state index is 0.0445. The van der Waals surface area contributed by atoms with Crippen LogP contribution < -0.4 is 5.56 Å². The Morgan fingerprint density at radius 3 is 2.60 bits per heavy atom. The summed E-state index contributed by atoms with van der Waals surface area (Å²) in [5.74, 6) is -0.885. The number of hydrogen-bond acceptors (Lipinski definition) is 7. The first-order chi connectivity index (χ1) is 16.9. The van der Waals surface area contributed by atoms with Gasteiger partial charge >= 0.3 is 0 Å². The molecule has 0 bridgehead atoms. The summed E-state index contributed by atoms with van der Waals surface area (Å²) in [4.78, 5) is 33.2. The van der Waals surface area contributed by atoms with Gasteiger partial charge in [-0.1, -0.05) is 12.1 Å². The number of hydrogen-bond donors (Lipinski definition) is 1. The number of nitrogens with zero attached hydrogens (tertiary/aromatic N) is 5. The van der Waals surface area contributed by atoms with Crippen LogP contribution in [0.4, 0.5) is 4.39 Å². The van der Waals surface area contributed by atoms with Gasteiger partial charge < -0.3 is 9.84 Å². The average molecular weight is 482 g/mol. The van der Waals surface area contributed by atoms with Crippen molar-refractivity contribution in [3.8, 4) is 5.75 Å². The van der Waals surface area contributed by atoms with E-state index in [1.165, 1.54) is 16.7 Å². The van der Waals surface area contributed by atoms with Crippen molar-refractivity contribution in [2.45, 2.75) is 44.3 Å². The minimum Gasteiger partial charge on any atom is -0.501 e. The van der Waals surface area contributed by atoms with Gasteiger partial charge in [-0.15, -0.1) is 0 Å². The van der Waals surface area contributed by atoms with Gasteiger partial charge in [0.1, 0.15) is 11.6 Å². The molecule has 1 N–H and O–H groups in total. The van der Waals surface area contributed by atoms with E-state index in [0.29, 0.717) is 57.9 Å². The third-order valence-corrected chi connectivity index (χ3v) is 7.02. The molecule has 0 aliphatic carbocycles. The SMILES string of the molecule is Cn1ccc(CN2CCn3c(nc(C(=O)CCc4ccc(F)cc4)c(O)c3=O)C23CCOCC3)n1. The molecule has 2 aromatic heterocycles. The highest BCUT2D eigenvalue weighted by molar-refractivity contribution is 5.96. The lowest BCUT2D eigenvalue weighted by molar-refractivity contribution is -0.0580. The number of fused-ring (bicyclic) bond motifs is 2. The van der Waals surface area contributed by atoms with Crippen LogP contribution in [0.1, 0.15) is 46.8 Å². The third-order valence-electron chi connectivity index (χ3n) is 7.02. The molecule has 0 radical (unpaired) electrons. The Bertz CT molecular complexity index is 1290. The van der Waals surface area contributed by atoms with Gasteiger partial charge in [-0.05, 0) is 43.0 Å². The molecule has 1 aromatic carbocycles. The fourth-order valence-corrected chi connectivity index (χ4v) is 5.13. The number of aromatic hydroxyl groups is 1. The van der Waals surface area contributed by atoms with Crippen molar-refractivity contribution in [2.75, 3.05) is 19.8 Å². The second-order valence-corrected chi connectivity index (χ2v) is 9.19. The van der Waals surface area contributed by atoms with E-state index in [1.807, 2.05) is 19.3 Å². The number of rotatable bonds is 6. The summed E-state index contributed by atoms with van der Waals surface area (Å²) in [7, 11) is 1.87. The van der Waals surface area contributed by atoms with Gasteiger partial charge in [0.15, 0.2) is 11.5 Å². The molecule has 1 fully saturated rings. The fraction of sp³-hybridized carbons (Fsp3) is 0.440. The third kappa shape index (κ3) is 4.39. The highest BCUT2D eigenvalue weighted by Crippen LogP contribution is 2.40. The van der Waals surface area contributed by atoms with E-state index in [1.54, 1.807) is 16.8 Å². The van der Waals surface area contributed by atoms with Crippen molar-refractivity contribution in [1.29, 1.82) is 0 Å². The molecular formula is C25H28FN5O4. The molecule has 0 amide bonds. The van der Waals surface area contributed by atoms with Crippen molar-refractivity contribution in [2.24, 2.45) is 7.05 Å². The second-order valence-electron chi connectivity index (χ2n) is 9.19. The fourth-order valence-electron chi connectivity index (χ4n) is 5.13. The van der Waals surface area contributed by atoms with Gasteiger partial charge in [0.05, 0.1) is 11.2 Å². The Balaban J connectivity index is 1.49. The van der Waals surface area contributed by atoms with E-state index in [4.69, 9.17) is 4.74 Å². The van der Waals surface area contributed by atoms with Crippen molar-refractivity contribution >= 4 is 5.78 Å².